The average Bonchev–Trinajstić information content (AvgIpc) is 2.33. The Morgan fingerprint density at radius 2 is 1.75 bits per heavy atom. The van der Waals surface area contributed by atoms with Gasteiger partial charge < -0.3 is 10.5 Å². The largest absolute Gasteiger partial charge is 0.424 e. The summed E-state index contributed by atoms with van der Waals surface area (Å²) < 4.78 is 5.41. The molecule has 1 aromatic carbocycles. The van der Waals surface area contributed by atoms with Crippen LogP contribution in [0.5, 0.6) is 11.8 Å². The number of ether oxygens (including phenoxy) is 1. The second kappa shape index (κ2) is 4.92. The number of nitrogens with zero attached hydrogens (tertiary/aromatic N) is 2. The van der Waals surface area contributed by atoms with Gasteiger partial charge in [-0.05, 0) is 17.7 Å². The quantitative estimate of drug-likeness (QED) is 0.887. The van der Waals surface area contributed by atoms with Crippen molar-refractivity contribution in [1.82, 2.24) is 9.97 Å². The first-order chi connectivity index (χ1) is 7.78. The molecule has 2 aromatic rings. The minimum atomic E-state index is 0.268. The number of rotatable bonds is 3. The molecule has 82 valence electrons. The van der Waals surface area contributed by atoms with Gasteiger partial charge in [-0.3, -0.25) is 0 Å². The van der Waals surface area contributed by atoms with Crippen LogP contribution in [0, 0.1) is 0 Å². The summed E-state index contributed by atoms with van der Waals surface area (Å²) in [5, 5.41) is 0.478. The summed E-state index contributed by atoms with van der Waals surface area (Å²) in [4.78, 5) is 7.85. The molecule has 0 unspecified atom stereocenters. The highest BCUT2D eigenvalue weighted by Gasteiger charge is 1.99. The first-order valence-electron chi connectivity index (χ1n) is 4.72. The maximum Gasteiger partial charge on any atom is 0.321 e. The summed E-state index contributed by atoms with van der Waals surface area (Å²) >= 11 is 5.66. The summed E-state index contributed by atoms with van der Waals surface area (Å²) in [5.41, 5.74) is 6.53. The molecule has 4 nitrogen and oxygen atoms in total. The average molecular weight is 236 g/mol. The first kappa shape index (κ1) is 10.9. The lowest BCUT2D eigenvalue weighted by molar-refractivity contribution is 0.441. The summed E-state index contributed by atoms with van der Waals surface area (Å²) in [6.07, 6.45) is 2.97. The molecule has 0 bridgehead atoms. The lowest BCUT2D eigenvalue weighted by Crippen LogP contribution is -1.96. The molecule has 1 aromatic heterocycles. The van der Waals surface area contributed by atoms with Crippen molar-refractivity contribution < 1.29 is 4.74 Å². The lowest BCUT2D eigenvalue weighted by Gasteiger charge is -2.03. The van der Waals surface area contributed by atoms with E-state index in [1.54, 1.807) is 0 Å². The van der Waals surface area contributed by atoms with Crippen molar-refractivity contribution in [3.8, 4) is 11.8 Å². The molecule has 1 heterocycles. The Kier molecular flexibility index (Phi) is 3.34. The second-order valence-corrected chi connectivity index (χ2v) is 3.57. The molecule has 0 radical (unpaired) electrons. The Labute approximate surface area is 98.0 Å². The Bertz CT molecular complexity index is 456. The molecule has 0 aliphatic rings. The molecule has 0 aliphatic carbocycles. The van der Waals surface area contributed by atoms with Crippen LogP contribution in [0.25, 0.3) is 0 Å². The molecule has 5 heteroatoms. The molecule has 0 atom stereocenters. The maximum atomic E-state index is 5.66. The van der Waals surface area contributed by atoms with Gasteiger partial charge >= 0.3 is 6.01 Å². The maximum absolute atomic E-state index is 5.66. The van der Waals surface area contributed by atoms with Crippen molar-refractivity contribution in [2.24, 2.45) is 5.73 Å². The van der Waals surface area contributed by atoms with Crippen LogP contribution in [0.1, 0.15) is 5.56 Å². The summed E-state index contributed by atoms with van der Waals surface area (Å²) in [6, 6.07) is 7.70. The third-order valence-electron chi connectivity index (χ3n) is 1.96. The zero-order valence-corrected chi connectivity index (χ0v) is 9.19. The van der Waals surface area contributed by atoms with Crippen molar-refractivity contribution in [1.29, 1.82) is 0 Å². The molecule has 0 spiro atoms. The van der Waals surface area contributed by atoms with E-state index >= 15 is 0 Å². The molecule has 2 rings (SSSR count). The van der Waals surface area contributed by atoms with Crippen molar-refractivity contribution in [2.45, 2.75) is 6.54 Å². The van der Waals surface area contributed by atoms with E-state index in [9.17, 15) is 0 Å². The van der Waals surface area contributed by atoms with Gasteiger partial charge in [-0.15, -0.1) is 0 Å². The summed E-state index contributed by atoms with van der Waals surface area (Å²) in [6.45, 7) is 0.512. The predicted octanol–water partition coefficient (Wildman–Crippen LogP) is 2.38. The predicted molar refractivity (Wildman–Crippen MR) is 61.4 cm³/mol. The molecule has 2 N–H and O–H groups in total. The molecular formula is C11H10ClN3O. The van der Waals surface area contributed by atoms with E-state index in [0.717, 1.165) is 5.56 Å². The molecule has 0 saturated heterocycles. The second-order valence-electron chi connectivity index (χ2n) is 3.13. The van der Waals surface area contributed by atoms with Crippen LogP contribution in [0.4, 0.5) is 0 Å². The zero-order valence-electron chi connectivity index (χ0n) is 8.43. The monoisotopic (exact) mass is 235 g/mol. The van der Waals surface area contributed by atoms with E-state index in [1.165, 1.54) is 12.4 Å². The smallest absolute Gasteiger partial charge is 0.321 e. The first-order valence-corrected chi connectivity index (χ1v) is 5.10. The van der Waals surface area contributed by atoms with Crippen LogP contribution in [-0.4, -0.2) is 9.97 Å². The van der Waals surface area contributed by atoms with E-state index in [1.807, 2.05) is 24.3 Å². The van der Waals surface area contributed by atoms with Crippen LogP contribution in [0.2, 0.25) is 5.02 Å². The fourth-order valence-electron chi connectivity index (χ4n) is 1.15. The Morgan fingerprint density at radius 3 is 2.31 bits per heavy atom. The zero-order chi connectivity index (χ0) is 11.4. The highest BCUT2D eigenvalue weighted by molar-refractivity contribution is 6.30. The van der Waals surface area contributed by atoms with Gasteiger partial charge in [0.1, 0.15) is 5.75 Å². The molecule has 0 fully saturated rings. The lowest BCUT2D eigenvalue weighted by atomic mass is 10.2. The SMILES string of the molecule is NCc1ccc(Oc2ncc(Cl)cn2)cc1. The summed E-state index contributed by atoms with van der Waals surface area (Å²) in [7, 11) is 0. The van der Waals surface area contributed by atoms with Gasteiger partial charge in [-0.2, -0.15) is 0 Å². The van der Waals surface area contributed by atoms with E-state index in [2.05, 4.69) is 9.97 Å². The van der Waals surface area contributed by atoms with Gasteiger partial charge in [-0.1, -0.05) is 23.7 Å². The van der Waals surface area contributed by atoms with Gasteiger partial charge in [0.25, 0.3) is 0 Å². The van der Waals surface area contributed by atoms with E-state index < -0.39 is 0 Å². The molecule has 16 heavy (non-hydrogen) atoms. The minimum absolute atomic E-state index is 0.268. The van der Waals surface area contributed by atoms with Gasteiger partial charge in [0.05, 0.1) is 17.4 Å². The molecule has 0 aliphatic heterocycles. The van der Waals surface area contributed by atoms with E-state index in [-0.39, 0.29) is 6.01 Å². The number of hydrogen-bond donors (Lipinski definition) is 1. The van der Waals surface area contributed by atoms with E-state index in [4.69, 9.17) is 22.1 Å². The number of aromatic nitrogens is 2. The molecular weight excluding hydrogens is 226 g/mol. The van der Waals surface area contributed by atoms with Crippen molar-refractivity contribution in [2.75, 3.05) is 0 Å². The third kappa shape index (κ3) is 2.68. The van der Waals surface area contributed by atoms with Crippen molar-refractivity contribution >= 4 is 11.6 Å². The molecule has 0 amide bonds. The minimum Gasteiger partial charge on any atom is -0.424 e. The van der Waals surface area contributed by atoms with Crippen molar-refractivity contribution in [3.05, 3.63) is 47.2 Å². The Hall–Kier alpha value is -1.65. The summed E-state index contributed by atoms with van der Waals surface area (Å²) in [5.74, 6) is 0.666. The van der Waals surface area contributed by atoms with E-state index in [0.29, 0.717) is 17.3 Å². The highest BCUT2D eigenvalue weighted by atomic mass is 35.5. The van der Waals surface area contributed by atoms with Crippen LogP contribution >= 0.6 is 11.6 Å². The number of benzene rings is 1. The van der Waals surface area contributed by atoms with Gasteiger partial charge in [-0.25, -0.2) is 9.97 Å². The van der Waals surface area contributed by atoms with Gasteiger partial charge in [0.2, 0.25) is 0 Å². The normalized spacial score (nSPS) is 10.1. The third-order valence-corrected chi connectivity index (χ3v) is 2.16. The fraction of sp³-hybridized carbons (Fsp3) is 0.0909. The number of hydrogen-bond acceptors (Lipinski definition) is 4. The van der Waals surface area contributed by atoms with Crippen LogP contribution in [0.3, 0.4) is 0 Å². The van der Waals surface area contributed by atoms with Crippen LogP contribution < -0.4 is 10.5 Å². The Morgan fingerprint density at radius 1 is 1.12 bits per heavy atom. The number of nitrogens with two attached hydrogens (primary N) is 1. The highest BCUT2D eigenvalue weighted by Crippen LogP contribution is 2.18. The fourth-order valence-corrected chi connectivity index (χ4v) is 1.25. The van der Waals surface area contributed by atoms with Crippen molar-refractivity contribution in [3.63, 3.8) is 0 Å². The number of halogens is 1. The van der Waals surface area contributed by atoms with Crippen LogP contribution in [-0.2, 0) is 6.54 Å². The van der Waals surface area contributed by atoms with Crippen LogP contribution in [0.15, 0.2) is 36.7 Å². The standard InChI is InChI=1S/C11H10ClN3O/c12-9-6-14-11(15-7-9)16-10-3-1-8(5-13)2-4-10/h1-4,6-7H,5,13H2. The Balaban J connectivity index is 2.11. The van der Waals surface area contributed by atoms with Gasteiger partial charge in [0, 0.05) is 6.54 Å². The van der Waals surface area contributed by atoms with Gasteiger partial charge in [0.15, 0.2) is 0 Å². The molecule has 0 saturated carbocycles. The topological polar surface area (TPSA) is 61.0 Å².